The zero-order valence-corrected chi connectivity index (χ0v) is 12.1. The van der Waals surface area contributed by atoms with Gasteiger partial charge >= 0.3 is 5.97 Å². The number of aromatic nitrogens is 3. The lowest BCUT2D eigenvalue weighted by Crippen LogP contribution is -2.09. The number of hydrogen-bond acceptors (Lipinski definition) is 6. The van der Waals surface area contributed by atoms with E-state index in [1.165, 1.54) is 11.8 Å². The lowest BCUT2D eigenvalue weighted by atomic mass is 10.3. The van der Waals surface area contributed by atoms with E-state index in [9.17, 15) is 4.79 Å². The number of nitrogens with zero attached hydrogens (tertiary/aromatic N) is 3. The molecule has 0 spiro atoms. The van der Waals surface area contributed by atoms with Gasteiger partial charge in [0.1, 0.15) is 6.61 Å². The second kappa shape index (κ2) is 7.81. The number of carbonyl (C=O) groups excluding carboxylic acids is 1. The van der Waals surface area contributed by atoms with E-state index >= 15 is 0 Å². The Morgan fingerprint density at radius 2 is 2.10 bits per heavy atom. The third kappa shape index (κ3) is 4.47. The largest absolute Gasteiger partial charge is 0.464 e. The minimum Gasteiger partial charge on any atom is -0.464 e. The number of rotatable bonds is 6. The summed E-state index contributed by atoms with van der Waals surface area (Å²) in [6.45, 7) is 0.218. The molecule has 0 aromatic carbocycles. The third-order valence-electron chi connectivity index (χ3n) is 2.22. The average Bonchev–Trinajstić information content (AvgIpc) is 2.52. The fourth-order valence-corrected chi connectivity index (χ4v) is 2.09. The number of ether oxygens (including phenoxy) is 1. The summed E-state index contributed by atoms with van der Waals surface area (Å²) in [5, 5.41) is 0.510. The van der Waals surface area contributed by atoms with Gasteiger partial charge in [0.05, 0.1) is 23.0 Å². The first-order chi connectivity index (χ1) is 9.79. The molecule has 0 radical (unpaired) electrons. The quantitative estimate of drug-likeness (QED) is 0.353. The molecule has 20 heavy (non-hydrogen) atoms. The molecule has 0 fully saturated rings. The van der Waals surface area contributed by atoms with Crippen molar-refractivity contribution in [1.29, 1.82) is 0 Å². The molecular weight excluding hydrogens is 298 g/mol. The van der Waals surface area contributed by atoms with E-state index in [1.54, 1.807) is 18.5 Å². The maximum absolute atomic E-state index is 11.4. The molecule has 2 heterocycles. The van der Waals surface area contributed by atoms with Crippen molar-refractivity contribution in [3.05, 3.63) is 36.7 Å². The number of carbonyl (C=O) groups is 1. The van der Waals surface area contributed by atoms with Gasteiger partial charge in [0.25, 0.3) is 0 Å². The minimum absolute atomic E-state index is 0.155. The predicted octanol–water partition coefficient (Wildman–Crippen LogP) is 2.41. The summed E-state index contributed by atoms with van der Waals surface area (Å²) in [5.41, 5.74) is 1.48. The van der Waals surface area contributed by atoms with Crippen molar-refractivity contribution in [2.75, 3.05) is 18.2 Å². The molecule has 0 aliphatic rings. The Labute approximate surface area is 125 Å². The Morgan fingerprint density at radius 1 is 1.20 bits per heavy atom. The van der Waals surface area contributed by atoms with Crippen molar-refractivity contribution in [3.8, 4) is 11.4 Å². The van der Waals surface area contributed by atoms with Crippen molar-refractivity contribution < 1.29 is 9.53 Å². The fourth-order valence-electron chi connectivity index (χ4n) is 1.38. The summed E-state index contributed by atoms with van der Waals surface area (Å²) in [4.78, 5) is 24.0. The lowest BCUT2D eigenvalue weighted by Gasteiger charge is -2.03. The van der Waals surface area contributed by atoms with Crippen LogP contribution in [0.2, 0.25) is 0 Å². The zero-order chi connectivity index (χ0) is 14.2. The maximum atomic E-state index is 11.4. The van der Waals surface area contributed by atoms with Crippen LogP contribution in [0, 0.1) is 0 Å². The van der Waals surface area contributed by atoms with Gasteiger partial charge in [0.15, 0.2) is 5.16 Å². The minimum atomic E-state index is -0.331. The van der Waals surface area contributed by atoms with E-state index in [0.717, 1.165) is 11.4 Å². The van der Waals surface area contributed by atoms with Crippen molar-refractivity contribution in [1.82, 2.24) is 15.0 Å². The van der Waals surface area contributed by atoms with Gasteiger partial charge in [-0.15, -0.1) is 11.6 Å². The Kier molecular flexibility index (Phi) is 5.76. The Hall–Kier alpha value is -1.66. The maximum Gasteiger partial charge on any atom is 0.316 e. The van der Waals surface area contributed by atoms with Crippen LogP contribution in [0.3, 0.4) is 0 Å². The first-order valence-corrected chi connectivity index (χ1v) is 7.40. The van der Waals surface area contributed by atoms with Crippen LogP contribution in [0.25, 0.3) is 11.4 Å². The molecule has 0 amide bonds. The predicted molar refractivity (Wildman–Crippen MR) is 77.7 cm³/mol. The molecule has 0 unspecified atom stereocenters. The summed E-state index contributed by atoms with van der Waals surface area (Å²) in [6.07, 6.45) is 3.34. The van der Waals surface area contributed by atoms with Gasteiger partial charge in [0.2, 0.25) is 0 Å². The first kappa shape index (κ1) is 14.7. The highest BCUT2D eigenvalue weighted by atomic mass is 35.5. The molecule has 5 nitrogen and oxygen atoms in total. The highest BCUT2D eigenvalue weighted by Crippen LogP contribution is 2.18. The summed E-state index contributed by atoms with van der Waals surface area (Å²) in [7, 11) is 0. The van der Waals surface area contributed by atoms with Gasteiger partial charge < -0.3 is 4.74 Å². The lowest BCUT2D eigenvalue weighted by molar-refractivity contribution is -0.139. The normalized spacial score (nSPS) is 10.2. The molecule has 0 atom stereocenters. The third-order valence-corrected chi connectivity index (χ3v) is 3.21. The first-order valence-electron chi connectivity index (χ1n) is 5.88. The molecule has 0 N–H and O–H groups in total. The second-order valence-electron chi connectivity index (χ2n) is 3.64. The molecule has 104 valence electrons. The van der Waals surface area contributed by atoms with E-state index in [-0.39, 0.29) is 18.3 Å². The van der Waals surface area contributed by atoms with Crippen molar-refractivity contribution in [3.63, 3.8) is 0 Å². The molecule has 0 aliphatic carbocycles. The second-order valence-corrected chi connectivity index (χ2v) is 4.96. The average molecular weight is 310 g/mol. The number of alkyl halides is 1. The molecule has 0 saturated carbocycles. The molecule has 7 heteroatoms. The molecule has 2 aromatic heterocycles. The van der Waals surface area contributed by atoms with Gasteiger partial charge in [0, 0.05) is 12.4 Å². The van der Waals surface area contributed by atoms with E-state index in [4.69, 9.17) is 16.3 Å². The highest BCUT2D eigenvalue weighted by molar-refractivity contribution is 7.99. The van der Waals surface area contributed by atoms with Crippen LogP contribution >= 0.6 is 23.4 Å². The monoisotopic (exact) mass is 309 g/mol. The number of thioether (sulfide) groups is 1. The van der Waals surface area contributed by atoms with Crippen LogP contribution in [0.4, 0.5) is 0 Å². The topological polar surface area (TPSA) is 65.0 Å². The molecule has 2 rings (SSSR count). The van der Waals surface area contributed by atoms with Gasteiger partial charge in [-0.25, -0.2) is 9.97 Å². The SMILES string of the molecule is O=C(CSc1nccc(-c2ccccn2)n1)OCCCl. The van der Waals surface area contributed by atoms with Gasteiger partial charge in [-0.05, 0) is 18.2 Å². The van der Waals surface area contributed by atoms with Crippen molar-refractivity contribution in [2.24, 2.45) is 0 Å². The summed E-state index contributed by atoms with van der Waals surface area (Å²) >= 11 is 6.66. The summed E-state index contributed by atoms with van der Waals surface area (Å²) < 4.78 is 4.87. The smallest absolute Gasteiger partial charge is 0.316 e. The van der Waals surface area contributed by atoms with Crippen LogP contribution < -0.4 is 0 Å². The van der Waals surface area contributed by atoms with Crippen molar-refractivity contribution in [2.45, 2.75) is 5.16 Å². The Bertz CT molecular complexity index is 569. The van der Waals surface area contributed by atoms with Crippen LogP contribution in [0.5, 0.6) is 0 Å². The molecule has 0 aliphatic heterocycles. The Balaban J connectivity index is 1.98. The van der Waals surface area contributed by atoms with Crippen LogP contribution in [0.15, 0.2) is 41.8 Å². The summed E-state index contributed by atoms with van der Waals surface area (Å²) in [5.74, 6) is 0.118. The molecule has 2 aromatic rings. The van der Waals surface area contributed by atoms with Crippen LogP contribution in [0.1, 0.15) is 0 Å². The Morgan fingerprint density at radius 3 is 2.85 bits per heavy atom. The number of esters is 1. The highest BCUT2D eigenvalue weighted by Gasteiger charge is 2.07. The van der Waals surface area contributed by atoms with Crippen LogP contribution in [-0.4, -0.2) is 39.2 Å². The standard InChI is InChI=1S/C13H12ClN3O2S/c14-5-8-19-12(18)9-20-13-16-7-4-11(17-13)10-3-1-2-6-15-10/h1-4,6-7H,5,8-9H2. The van der Waals surface area contributed by atoms with E-state index in [1.807, 2.05) is 18.2 Å². The van der Waals surface area contributed by atoms with Gasteiger partial charge in [-0.2, -0.15) is 0 Å². The molecule has 0 bridgehead atoms. The number of halogens is 1. The van der Waals surface area contributed by atoms with Crippen molar-refractivity contribution >= 4 is 29.3 Å². The molecular formula is C13H12ClN3O2S. The van der Waals surface area contributed by atoms with Crippen LogP contribution in [-0.2, 0) is 9.53 Å². The van der Waals surface area contributed by atoms with Gasteiger partial charge in [-0.1, -0.05) is 17.8 Å². The fraction of sp³-hybridized carbons (Fsp3) is 0.231. The van der Waals surface area contributed by atoms with E-state index in [0.29, 0.717) is 11.0 Å². The number of pyridine rings is 1. The van der Waals surface area contributed by atoms with E-state index < -0.39 is 0 Å². The molecule has 0 saturated heterocycles. The zero-order valence-electron chi connectivity index (χ0n) is 10.5. The van der Waals surface area contributed by atoms with Gasteiger partial charge in [-0.3, -0.25) is 9.78 Å². The number of hydrogen-bond donors (Lipinski definition) is 0. The van der Waals surface area contributed by atoms with E-state index in [2.05, 4.69) is 15.0 Å². The summed E-state index contributed by atoms with van der Waals surface area (Å²) in [6, 6.07) is 7.37.